The predicted octanol–water partition coefficient (Wildman–Crippen LogP) is 5.67. The second-order valence-electron chi connectivity index (χ2n) is 10.7. The lowest BCUT2D eigenvalue weighted by Gasteiger charge is -2.34. The van der Waals surface area contributed by atoms with Gasteiger partial charge < -0.3 is 10.2 Å². The molecule has 4 aromatic rings. The molecular formula is C35H39N3O4S. The zero-order valence-electron chi connectivity index (χ0n) is 24.9. The normalized spacial score (nSPS) is 11.9. The van der Waals surface area contributed by atoms with E-state index in [0.717, 1.165) is 33.0 Å². The molecule has 4 aromatic carbocycles. The molecule has 0 bridgehead atoms. The number of carbonyl (C=O) groups is 2. The lowest BCUT2D eigenvalue weighted by atomic mass is 10.0. The molecule has 0 aliphatic rings. The van der Waals surface area contributed by atoms with E-state index in [1.165, 1.54) is 17.0 Å². The summed E-state index contributed by atoms with van der Waals surface area (Å²) in [4.78, 5) is 29.7. The minimum absolute atomic E-state index is 0.0787. The maximum absolute atomic E-state index is 14.4. The third-order valence-corrected chi connectivity index (χ3v) is 9.01. The van der Waals surface area contributed by atoms with E-state index in [4.69, 9.17) is 0 Å². The maximum atomic E-state index is 14.4. The summed E-state index contributed by atoms with van der Waals surface area (Å²) in [5, 5.41) is 2.97. The standard InChI is InChI=1S/C35H39N3O4S/c1-4-23-36-35(40)33(24-29-11-7-5-8-12-29)37(25-30-19-15-27(2)16-20-30)34(39)26-38(31-21-17-28(3)18-22-31)43(41,42)32-13-9-6-10-14-32/h5-22,33H,4,23-26H2,1-3H3,(H,36,40)/t33-/m0/s1. The molecule has 0 spiro atoms. The average molecular weight is 598 g/mol. The number of nitrogens with zero attached hydrogens (tertiary/aromatic N) is 2. The molecule has 0 saturated carbocycles. The Morgan fingerprint density at radius 3 is 1.88 bits per heavy atom. The summed E-state index contributed by atoms with van der Waals surface area (Å²) in [5.41, 5.74) is 4.14. The lowest BCUT2D eigenvalue weighted by Crippen LogP contribution is -2.53. The van der Waals surface area contributed by atoms with Gasteiger partial charge in [0, 0.05) is 19.5 Å². The van der Waals surface area contributed by atoms with Gasteiger partial charge in [0.1, 0.15) is 12.6 Å². The van der Waals surface area contributed by atoms with Crippen LogP contribution in [0.2, 0.25) is 0 Å². The first-order chi connectivity index (χ1) is 20.7. The Morgan fingerprint density at radius 2 is 1.30 bits per heavy atom. The van der Waals surface area contributed by atoms with E-state index < -0.39 is 28.5 Å². The highest BCUT2D eigenvalue weighted by Crippen LogP contribution is 2.25. The summed E-state index contributed by atoms with van der Waals surface area (Å²) in [6, 6.07) is 31.6. The first-order valence-corrected chi connectivity index (χ1v) is 15.9. The average Bonchev–Trinajstić information content (AvgIpc) is 3.02. The van der Waals surface area contributed by atoms with Crippen LogP contribution < -0.4 is 9.62 Å². The van der Waals surface area contributed by atoms with Crippen molar-refractivity contribution in [1.82, 2.24) is 10.2 Å². The van der Waals surface area contributed by atoms with Gasteiger partial charge in [0.15, 0.2) is 0 Å². The van der Waals surface area contributed by atoms with Gasteiger partial charge in [0.2, 0.25) is 11.8 Å². The quantitative estimate of drug-likeness (QED) is 0.215. The zero-order chi connectivity index (χ0) is 30.8. The van der Waals surface area contributed by atoms with E-state index in [0.29, 0.717) is 12.2 Å². The number of sulfonamides is 1. The molecule has 224 valence electrons. The van der Waals surface area contributed by atoms with Gasteiger partial charge >= 0.3 is 0 Å². The largest absolute Gasteiger partial charge is 0.354 e. The van der Waals surface area contributed by atoms with Crippen molar-refractivity contribution < 1.29 is 18.0 Å². The molecule has 1 N–H and O–H groups in total. The van der Waals surface area contributed by atoms with Gasteiger partial charge in [-0.2, -0.15) is 0 Å². The second-order valence-corrected chi connectivity index (χ2v) is 12.5. The van der Waals surface area contributed by atoms with Crippen LogP contribution in [0.3, 0.4) is 0 Å². The van der Waals surface area contributed by atoms with Crippen molar-refractivity contribution in [3.05, 3.63) is 131 Å². The summed E-state index contributed by atoms with van der Waals surface area (Å²) in [5.74, 6) is -0.757. The number of hydrogen-bond acceptors (Lipinski definition) is 4. The van der Waals surface area contributed by atoms with Crippen LogP contribution in [0.1, 0.15) is 35.6 Å². The fraction of sp³-hybridized carbons (Fsp3) is 0.257. The van der Waals surface area contributed by atoms with Crippen LogP contribution in [0.5, 0.6) is 0 Å². The molecule has 0 fully saturated rings. The monoisotopic (exact) mass is 597 g/mol. The van der Waals surface area contributed by atoms with Crippen molar-refractivity contribution >= 4 is 27.5 Å². The van der Waals surface area contributed by atoms with Crippen LogP contribution in [0, 0.1) is 13.8 Å². The van der Waals surface area contributed by atoms with Gasteiger partial charge in [-0.15, -0.1) is 0 Å². The first kappa shape index (κ1) is 31.5. The van der Waals surface area contributed by atoms with E-state index in [1.807, 2.05) is 87.5 Å². The van der Waals surface area contributed by atoms with E-state index in [9.17, 15) is 18.0 Å². The molecule has 2 amide bonds. The number of rotatable bonds is 13. The van der Waals surface area contributed by atoms with Crippen LogP contribution in [0.25, 0.3) is 0 Å². The summed E-state index contributed by atoms with van der Waals surface area (Å²) in [6.07, 6.45) is 1.02. The number of carbonyl (C=O) groups excluding carboxylic acids is 2. The van der Waals surface area contributed by atoms with Gasteiger partial charge in [-0.1, -0.05) is 103 Å². The molecule has 0 aromatic heterocycles. The van der Waals surface area contributed by atoms with E-state index in [2.05, 4.69) is 5.32 Å². The Labute approximate surface area is 255 Å². The number of hydrogen-bond donors (Lipinski definition) is 1. The Balaban J connectivity index is 1.78. The number of benzene rings is 4. The highest BCUT2D eigenvalue weighted by Gasteiger charge is 2.34. The van der Waals surface area contributed by atoms with E-state index >= 15 is 0 Å². The van der Waals surface area contributed by atoms with Crippen LogP contribution in [0.15, 0.2) is 114 Å². The summed E-state index contributed by atoms with van der Waals surface area (Å²) >= 11 is 0. The third kappa shape index (κ3) is 8.32. The molecule has 0 aliphatic carbocycles. The van der Waals surface area contributed by atoms with Crippen LogP contribution in [0.4, 0.5) is 5.69 Å². The number of aryl methyl sites for hydroxylation is 2. The van der Waals surface area contributed by atoms with Gasteiger partial charge in [0.05, 0.1) is 10.6 Å². The summed E-state index contributed by atoms with van der Waals surface area (Å²) < 4.78 is 29.1. The molecule has 0 saturated heterocycles. The molecule has 4 rings (SSSR count). The number of amides is 2. The lowest BCUT2D eigenvalue weighted by molar-refractivity contribution is -0.140. The molecule has 7 nitrogen and oxygen atoms in total. The van der Waals surface area contributed by atoms with Crippen molar-refractivity contribution in [2.75, 3.05) is 17.4 Å². The first-order valence-electron chi connectivity index (χ1n) is 14.5. The Kier molecular flexibility index (Phi) is 10.7. The molecule has 1 atom stereocenters. The van der Waals surface area contributed by atoms with Crippen molar-refractivity contribution in [1.29, 1.82) is 0 Å². The molecule has 0 radical (unpaired) electrons. The van der Waals surface area contributed by atoms with Crippen molar-refractivity contribution in [2.45, 2.75) is 51.1 Å². The predicted molar refractivity (Wildman–Crippen MR) is 171 cm³/mol. The second kappa shape index (κ2) is 14.6. The van der Waals surface area contributed by atoms with Gasteiger partial charge in [0.25, 0.3) is 10.0 Å². The Hall–Kier alpha value is -4.43. The molecule has 0 aliphatic heterocycles. The fourth-order valence-electron chi connectivity index (χ4n) is 4.77. The fourth-order valence-corrected chi connectivity index (χ4v) is 6.20. The molecular weight excluding hydrogens is 558 g/mol. The minimum atomic E-state index is -4.11. The molecule has 0 unspecified atom stereocenters. The molecule has 43 heavy (non-hydrogen) atoms. The smallest absolute Gasteiger partial charge is 0.264 e. The van der Waals surface area contributed by atoms with Crippen LogP contribution >= 0.6 is 0 Å². The van der Waals surface area contributed by atoms with Crippen LogP contribution in [-0.4, -0.2) is 44.3 Å². The van der Waals surface area contributed by atoms with Crippen LogP contribution in [-0.2, 0) is 32.6 Å². The Morgan fingerprint density at radius 1 is 0.744 bits per heavy atom. The highest BCUT2D eigenvalue weighted by atomic mass is 32.2. The SMILES string of the molecule is CCCNC(=O)[C@H](Cc1ccccc1)N(Cc1ccc(C)cc1)C(=O)CN(c1ccc(C)cc1)S(=O)(=O)c1ccccc1. The minimum Gasteiger partial charge on any atom is -0.354 e. The van der Waals surface area contributed by atoms with Gasteiger partial charge in [-0.05, 0) is 55.7 Å². The third-order valence-electron chi connectivity index (χ3n) is 7.23. The number of anilines is 1. The van der Waals surface area contributed by atoms with Gasteiger partial charge in [-0.3, -0.25) is 13.9 Å². The summed E-state index contributed by atoms with van der Waals surface area (Å²) in [7, 11) is -4.11. The highest BCUT2D eigenvalue weighted by molar-refractivity contribution is 7.92. The number of nitrogens with one attached hydrogen (secondary N) is 1. The molecule has 8 heteroatoms. The molecule has 0 heterocycles. The van der Waals surface area contributed by atoms with E-state index in [1.54, 1.807) is 30.3 Å². The topological polar surface area (TPSA) is 86.8 Å². The van der Waals surface area contributed by atoms with Gasteiger partial charge in [-0.25, -0.2) is 8.42 Å². The van der Waals surface area contributed by atoms with Crippen molar-refractivity contribution in [3.8, 4) is 0 Å². The summed E-state index contributed by atoms with van der Waals surface area (Å²) in [6.45, 7) is 6.00. The maximum Gasteiger partial charge on any atom is 0.264 e. The van der Waals surface area contributed by atoms with Crippen molar-refractivity contribution in [2.24, 2.45) is 0 Å². The van der Waals surface area contributed by atoms with E-state index in [-0.39, 0.29) is 23.8 Å². The Bertz CT molecular complexity index is 1590. The zero-order valence-corrected chi connectivity index (χ0v) is 25.8. The van der Waals surface area contributed by atoms with Crippen molar-refractivity contribution in [3.63, 3.8) is 0 Å².